The molecule has 27 heavy (non-hydrogen) atoms. The molecule has 2 heterocycles. The lowest BCUT2D eigenvalue weighted by atomic mass is 9.97. The first kappa shape index (κ1) is 20.4. The minimum Gasteiger partial charge on any atom is -0.396 e. The summed E-state index contributed by atoms with van der Waals surface area (Å²) >= 11 is 1.38. The van der Waals surface area contributed by atoms with Crippen molar-refractivity contribution in [2.45, 2.75) is 69.7 Å². The molecule has 0 radical (unpaired) electrons. The number of rotatable bonds is 6. The number of nitrogens with zero attached hydrogens (tertiary/aromatic N) is 3. The van der Waals surface area contributed by atoms with Gasteiger partial charge in [-0.3, -0.25) is 9.36 Å². The van der Waals surface area contributed by atoms with Crippen LogP contribution in [0.4, 0.5) is 0 Å². The first-order chi connectivity index (χ1) is 13.0. The van der Waals surface area contributed by atoms with Crippen molar-refractivity contribution in [1.29, 1.82) is 0 Å². The van der Waals surface area contributed by atoms with E-state index in [0.717, 1.165) is 36.9 Å². The average molecular weight is 396 g/mol. The van der Waals surface area contributed by atoms with Crippen molar-refractivity contribution in [1.82, 2.24) is 14.5 Å². The third-order valence-electron chi connectivity index (χ3n) is 5.10. The van der Waals surface area contributed by atoms with Crippen LogP contribution in [0, 0.1) is 0 Å². The van der Waals surface area contributed by atoms with Crippen molar-refractivity contribution in [3.63, 3.8) is 0 Å². The van der Waals surface area contributed by atoms with Gasteiger partial charge in [-0.15, -0.1) is 0 Å². The van der Waals surface area contributed by atoms with E-state index in [4.69, 9.17) is 9.84 Å². The van der Waals surface area contributed by atoms with Crippen LogP contribution in [0.2, 0.25) is 0 Å². The Bertz CT molecular complexity index is 726. The molecule has 1 amide bonds. The lowest BCUT2D eigenvalue weighted by Gasteiger charge is -2.35. The molecule has 1 aromatic rings. The number of hydrogen-bond acceptors (Lipinski definition) is 6. The van der Waals surface area contributed by atoms with E-state index in [9.17, 15) is 9.59 Å². The molecule has 1 N–H and O–H groups in total. The van der Waals surface area contributed by atoms with Crippen molar-refractivity contribution in [3.05, 3.63) is 21.7 Å². The molecule has 7 nitrogen and oxygen atoms in total. The molecule has 1 fully saturated rings. The molecule has 0 aromatic carbocycles. The Labute approximate surface area is 164 Å². The second kappa shape index (κ2) is 9.21. The lowest BCUT2D eigenvalue weighted by molar-refractivity contribution is -0.140. The summed E-state index contributed by atoms with van der Waals surface area (Å²) in [4.78, 5) is 31.3. The van der Waals surface area contributed by atoms with Gasteiger partial charge in [-0.2, -0.15) is 4.98 Å². The van der Waals surface area contributed by atoms with E-state index in [2.05, 4.69) is 4.98 Å². The Balaban J connectivity index is 1.74. The molecule has 0 saturated carbocycles. The molecular weight excluding hydrogens is 366 g/mol. The number of thioether (sulfide) groups is 1. The standard InChI is InChI=1S/C19H29N3O4S/c1-13-10-21(11-14(2)26-13)17(24)12-27-18-15-6-3-4-7-16(15)22(8-5-9-23)19(25)20-18/h13-14,23H,3-12H2,1-2H3. The summed E-state index contributed by atoms with van der Waals surface area (Å²) in [5, 5.41) is 9.80. The van der Waals surface area contributed by atoms with Gasteiger partial charge in [-0.05, 0) is 46.0 Å². The summed E-state index contributed by atoms with van der Waals surface area (Å²) in [5.74, 6) is 0.358. The summed E-state index contributed by atoms with van der Waals surface area (Å²) in [7, 11) is 0. The summed E-state index contributed by atoms with van der Waals surface area (Å²) in [6.07, 6.45) is 4.53. The van der Waals surface area contributed by atoms with Crippen LogP contribution >= 0.6 is 11.8 Å². The van der Waals surface area contributed by atoms with Gasteiger partial charge >= 0.3 is 5.69 Å². The molecule has 1 aliphatic heterocycles. The maximum atomic E-state index is 12.6. The Morgan fingerprint density at radius 1 is 1.26 bits per heavy atom. The van der Waals surface area contributed by atoms with Crippen LogP contribution in [0.3, 0.4) is 0 Å². The predicted octanol–water partition coefficient (Wildman–Crippen LogP) is 1.23. The molecular formula is C19H29N3O4S. The normalized spacial score (nSPS) is 22.6. The van der Waals surface area contributed by atoms with Gasteiger partial charge in [-0.25, -0.2) is 4.79 Å². The van der Waals surface area contributed by atoms with Crippen LogP contribution < -0.4 is 5.69 Å². The molecule has 2 atom stereocenters. The summed E-state index contributed by atoms with van der Waals surface area (Å²) in [6.45, 7) is 5.73. The fourth-order valence-corrected chi connectivity index (χ4v) is 4.91. The molecule has 3 rings (SSSR count). The number of fused-ring (bicyclic) bond motifs is 1. The summed E-state index contributed by atoms with van der Waals surface area (Å²) in [6, 6.07) is 0. The maximum absolute atomic E-state index is 12.6. The van der Waals surface area contributed by atoms with Gasteiger partial charge < -0.3 is 14.7 Å². The van der Waals surface area contributed by atoms with Crippen LogP contribution in [0.25, 0.3) is 0 Å². The number of aliphatic hydroxyl groups is 1. The highest BCUT2D eigenvalue weighted by molar-refractivity contribution is 7.99. The van der Waals surface area contributed by atoms with Crippen LogP contribution in [0.1, 0.15) is 44.4 Å². The SMILES string of the molecule is CC1CN(C(=O)CSc2nc(=O)n(CCCO)c3c2CCCC3)CC(C)O1. The highest BCUT2D eigenvalue weighted by Crippen LogP contribution is 2.29. The molecule has 1 aliphatic carbocycles. The van der Waals surface area contributed by atoms with Crippen molar-refractivity contribution in [2.24, 2.45) is 0 Å². The first-order valence-corrected chi connectivity index (χ1v) is 10.8. The molecule has 0 spiro atoms. The lowest BCUT2D eigenvalue weighted by Crippen LogP contribution is -2.48. The van der Waals surface area contributed by atoms with Gasteiger partial charge in [0, 0.05) is 37.5 Å². The second-order valence-corrected chi connectivity index (χ2v) is 8.37. The second-order valence-electron chi connectivity index (χ2n) is 7.41. The zero-order valence-corrected chi connectivity index (χ0v) is 17.0. The number of ether oxygens (including phenoxy) is 1. The molecule has 8 heteroatoms. The molecule has 2 unspecified atom stereocenters. The van der Waals surface area contributed by atoms with Gasteiger partial charge in [0.25, 0.3) is 0 Å². The molecule has 2 aliphatic rings. The quantitative estimate of drug-likeness (QED) is 0.576. The van der Waals surface area contributed by atoms with Gasteiger partial charge in [0.15, 0.2) is 0 Å². The van der Waals surface area contributed by atoms with Gasteiger partial charge in [0.2, 0.25) is 5.91 Å². The van der Waals surface area contributed by atoms with E-state index in [1.54, 1.807) is 4.57 Å². The third-order valence-corrected chi connectivity index (χ3v) is 6.10. The number of carbonyl (C=O) groups is 1. The Hall–Kier alpha value is -1.38. The minimum absolute atomic E-state index is 0.0454. The Kier molecular flexibility index (Phi) is 6.94. The number of amides is 1. The average Bonchev–Trinajstić information content (AvgIpc) is 2.64. The van der Waals surface area contributed by atoms with Gasteiger partial charge in [-0.1, -0.05) is 11.8 Å². The zero-order chi connectivity index (χ0) is 19.4. The largest absolute Gasteiger partial charge is 0.396 e. The minimum atomic E-state index is -0.271. The summed E-state index contributed by atoms with van der Waals surface area (Å²) < 4.78 is 7.40. The highest BCUT2D eigenvalue weighted by Gasteiger charge is 2.27. The number of aromatic nitrogens is 2. The fraction of sp³-hybridized carbons (Fsp3) is 0.737. The van der Waals surface area contributed by atoms with Crippen molar-refractivity contribution < 1.29 is 14.6 Å². The molecule has 1 saturated heterocycles. The van der Waals surface area contributed by atoms with E-state index in [1.807, 2.05) is 18.7 Å². The van der Waals surface area contributed by atoms with E-state index in [1.165, 1.54) is 11.8 Å². The van der Waals surface area contributed by atoms with E-state index < -0.39 is 0 Å². The van der Waals surface area contributed by atoms with E-state index in [-0.39, 0.29) is 30.4 Å². The number of aliphatic hydroxyl groups excluding tert-OH is 1. The van der Waals surface area contributed by atoms with Crippen LogP contribution in [-0.2, 0) is 28.9 Å². The fourth-order valence-electron chi connectivity index (χ4n) is 3.93. The van der Waals surface area contributed by atoms with E-state index in [0.29, 0.717) is 36.8 Å². The summed E-state index contributed by atoms with van der Waals surface area (Å²) in [5.41, 5.74) is 1.88. The van der Waals surface area contributed by atoms with Crippen LogP contribution in [0.15, 0.2) is 9.82 Å². The van der Waals surface area contributed by atoms with Crippen molar-refractivity contribution >= 4 is 17.7 Å². The molecule has 150 valence electrons. The highest BCUT2D eigenvalue weighted by atomic mass is 32.2. The van der Waals surface area contributed by atoms with Gasteiger partial charge in [0.05, 0.1) is 18.0 Å². The number of morpholine rings is 1. The van der Waals surface area contributed by atoms with Gasteiger partial charge in [0.1, 0.15) is 5.03 Å². The maximum Gasteiger partial charge on any atom is 0.348 e. The monoisotopic (exact) mass is 395 g/mol. The van der Waals surface area contributed by atoms with Crippen LogP contribution in [-0.4, -0.2) is 63.1 Å². The molecule has 0 bridgehead atoms. The smallest absolute Gasteiger partial charge is 0.348 e. The topological polar surface area (TPSA) is 84.7 Å². The van der Waals surface area contributed by atoms with Crippen LogP contribution in [0.5, 0.6) is 0 Å². The zero-order valence-electron chi connectivity index (χ0n) is 16.1. The molecule has 1 aromatic heterocycles. The third kappa shape index (κ3) is 4.92. The number of carbonyl (C=O) groups excluding carboxylic acids is 1. The number of hydrogen-bond donors (Lipinski definition) is 1. The first-order valence-electron chi connectivity index (χ1n) is 9.79. The Morgan fingerprint density at radius 2 is 1.96 bits per heavy atom. The van der Waals surface area contributed by atoms with Crippen molar-refractivity contribution in [3.8, 4) is 0 Å². The van der Waals surface area contributed by atoms with Crippen molar-refractivity contribution in [2.75, 3.05) is 25.4 Å². The van der Waals surface area contributed by atoms with E-state index >= 15 is 0 Å². The Morgan fingerprint density at radius 3 is 2.67 bits per heavy atom. The predicted molar refractivity (Wildman–Crippen MR) is 104 cm³/mol.